The Bertz CT molecular complexity index is 327. The van der Waals surface area contributed by atoms with Gasteiger partial charge in [0.2, 0.25) is 0 Å². The first kappa shape index (κ1) is 7.35. The predicted molar refractivity (Wildman–Crippen MR) is 39.3 cm³/mol. The third kappa shape index (κ3) is 1.08. The Hall–Kier alpha value is -1.76. The summed E-state index contributed by atoms with van der Waals surface area (Å²) in [5, 5.41) is 19.4. The number of nitrogens with two attached hydrogens (primary N) is 1. The van der Waals surface area contributed by atoms with E-state index in [1.807, 2.05) is 6.07 Å². The van der Waals surface area contributed by atoms with Crippen molar-refractivity contribution in [3.8, 4) is 6.07 Å². The number of aryl methyl sites for hydroxylation is 1. The fraction of sp³-hybridized carbons (Fsp3) is 0.143. The summed E-state index contributed by atoms with van der Waals surface area (Å²) in [7, 11) is 0. The van der Waals surface area contributed by atoms with Gasteiger partial charge in [0.1, 0.15) is 17.3 Å². The highest BCUT2D eigenvalue weighted by molar-refractivity contribution is 5.44. The van der Waals surface area contributed by atoms with Crippen LogP contribution in [0, 0.1) is 23.5 Å². The second kappa shape index (κ2) is 2.46. The topological polar surface area (TPSA) is 76.8 Å². The SMILES string of the molecule is Cc1ccc(C#N)c(N)[n+]1[O-]. The summed E-state index contributed by atoms with van der Waals surface area (Å²) in [5.74, 6) is -0.0347. The van der Waals surface area contributed by atoms with E-state index in [2.05, 4.69) is 0 Å². The van der Waals surface area contributed by atoms with Crippen molar-refractivity contribution in [2.75, 3.05) is 5.73 Å². The molecule has 0 bridgehead atoms. The third-order valence-electron chi connectivity index (χ3n) is 1.43. The summed E-state index contributed by atoms with van der Waals surface area (Å²) in [6.45, 7) is 1.63. The van der Waals surface area contributed by atoms with Crippen molar-refractivity contribution in [1.82, 2.24) is 0 Å². The molecule has 0 aliphatic carbocycles. The van der Waals surface area contributed by atoms with Crippen molar-refractivity contribution >= 4 is 5.82 Å². The number of nitrogen functional groups attached to an aromatic ring is 1. The van der Waals surface area contributed by atoms with Gasteiger partial charge in [-0.1, -0.05) is 0 Å². The van der Waals surface area contributed by atoms with Crippen LogP contribution in [0.5, 0.6) is 0 Å². The van der Waals surface area contributed by atoms with Crippen molar-refractivity contribution in [3.63, 3.8) is 0 Å². The molecule has 1 heterocycles. The average Bonchev–Trinajstić information content (AvgIpc) is 2.01. The smallest absolute Gasteiger partial charge is 0.293 e. The lowest BCUT2D eigenvalue weighted by Crippen LogP contribution is -2.34. The molecular formula is C7H7N3O. The number of nitrogens with zero attached hydrogens (tertiary/aromatic N) is 2. The predicted octanol–water partition coefficient (Wildman–Crippen LogP) is 0.0823. The van der Waals surface area contributed by atoms with E-state index in [0.717, 1.165) is 0 Å². The molecule has 0 amide bonds. The van der Waals surface area contributed by atoms with Gasteiger partial charge in [-0.15, -0.1) is 0 Å². The van der Waals surface area contributed by atoms with E-state index in [4.69, 9.17) is 11.0 Å². The van der Waals surface area contributed by atoms with Crippen LogP contribution in [0.3, 0.4) is 0 Å². The van der Waals surface area contributed by atoms with Crippen LogP contribution in [0.25, 0.3) is 0 Å². The van der Waals surface area contributed by atoms with Gasteiger partial charge in [-0.2, -0.15) is 5.26 Å². The Morgan fingerprint density at radius 2 is 2.27 bits per heavy atom. The largest absolute Gasteiger partial charge is 0.710 e. The molecule has 0 unspecified atom stereocenters. The number of rotatable bonds is 0. The lowest BCUT2D eigenvalue weighted by molar-refractivity contribution is -0.597. The minimum Gasteiger partial charge on any atom is -0.710 e. The van der Waals surface area contributed by atoms with Gasteiger partial charge in [0.15, 0.2) is 0 Å². The molecule has 4 nitrogen and oxygen atoms in total. The van der Waals surface area contributed by atoms with Crippen molar-refractivity contribution < 1.29 is 4.73 Å². The molecule has 0 aliphatic heterocycles. The number of pyridine rings is 1. The van der Waals surface area contributed by atoms with E-state index in [1.54, 1.807) is 13.0 Å². The van der Waals surface area contributed by atoms with E-state index in [9.17, 15) is 5.21 Å². The summed E-state index contributed by atoms with van der Waals surface area (Å²) in [4.78, 5) is 0. The zero-order chi connectivity index (χ0) is 8.43. The van der Waals surface area contributed by atoms with Crippen molar-refractivity contribution in [2.45, 2.75) is 6.92 Å². The normalized spacial score (nSPS) is 9.09. The molecule has 0 fully saturated rings. The molecule has 1 aromatic rings. The van der Waals surface area contributed by atoms with Crippen LogP contribution in [0.4, 0.5) is 5.82 Å². The summed E-state index contributed by atoms with van der Waals surface area (Å²) in [6.07, 6.45) is 0. The van der Waals surface area contributed by atoms with Crippen LogP contribution < -0.4 is 10.5 Å². The molecule has 0 saturated heterocycles. The second-order valence-corrected chi connectivity index (χ2v) is 2.18. The minimum atomic E-state index is -0.0347. The molecule has 56 valence electrons. The van der Waals surface area contributed by atoms with Gasteiger partial charge < -0.3 is 5.21 Å². The Balaban J connectivity index is 3.40. The molecule has 1 aromatic heterocycles. The molecule has 4 heteroatoms. The molecule has 2 N–H and O–H groups in total. The summed E-state index contributed by atoms with van der Waals surface area (Å²) < 4.78 is 0.540. The third-order valence-corrected chi connectivity index (χ3v) is 1.43. The standard InChI is InChI=1S/C7H7N3O/c1-5-2-3-6(4-8)7(9)10(5)11/h2-3H,9H2,1H3. The first-order valence-corrected chi connectivity index (χ1v) is 3.05. The fourth-order valence-corrected chi connectivity index (χ4v) is 0.751. The molecule has 0 aromatic carbocycles. The lowest BCUT2D eigenvalue weighted by Gasteiger charge is -2.07. The molecule has 0 radical (unpaired) electrons. The molecule has 0 aliphatic rings. The van der Waals surface area contributed by atoms with Crippen LogP contribution >= 0.6 is 0 Å². The highest BCUT2D eigenvalue weighted by Gasteiger charge is 2.06. The second-order valence-electron chi connectivity index (χ2n) is 2.18. The van der Waals surface area contributed by atoms with Crippen LogP contribution in [0.15, 0.2) is 12.1 Å². The summed E-state index contributed by atoms with van der Waals surface area (Å²) >= 11 is 0. The maximum atomic E-state index is 11.0. The molecule has 1 rings (SSSR count). The highest BCUT2D eigenvalue weighted by Crippen LogP contribution is 2.04. The van der Waals surface area contributed by atoms with E-state index < -0.39 is 0 Å². The van der Waals surface area contributed by atoms with Crippen molar-refractivity contribution in [2.24, 2.45) is 0 Å². The first-order valence-electron chi connectivity index (χ1n) is 3.05. The van der Waals surface area contributed by atoms with Gasteiger partial charge in [0.05, 0.1) is 0 Å². The Morgan fingerprint density at radius 3 is 2.82 bits per heavy atom. The monoisotopic (exact) mass is 149 g/mol. The highest BCUT2D eigenvalue weighted by atomic mass is 16.5. The molecular weight excluding hydrogens is 142 g/mol. The summed E-state index contributed by atoms with van der Waals surface area (Å²) in [6, 6.07) is 4.90. The van der Waals surface area contributed by atoms with Gasteiger partial charge >= 0.3 is 0 Å². The number of hydrogen-bond donors (Lipinski definition) is 1. The molecule has 0 spiro atoms. The maximum Gasteiger partial charge on any atom is 0.293 e. The Labute approximate surface area is 64.1 Å². The van der Waals surface area contributed by atoms with Gasteiger partial charge in [-0.3, -0.25) is 5.73 Å². The number of nitriles is 1. The van der Waals surface area contributed by atoms with Crippen LogP contribution in [-0.4, -0.2) is 0 Å². The van der Waals surface area contributed by atoms with Crippen molar-refractivity contribution in [1.29, 1.82) is 5.26 Å². The van der Waals surface area contributed by atoms with E-state index in [1.165, 1.54) is 6.07 Å². The van der Waals surface area contributed by atoms with E-state index >= 15 is 0 Å². The average molecular weight is 149 g/mol. The lowest BCUT2D eigenvalue weighted by atomic mass is 10.2. The minimum absolute atomic E-state index is 0.0347. The van der Waals surface area contributed by atoms with E-state index in [0.29, 0.717) is 10.4 Å². The zero-order valence-electron chi connectivity index (χ0n) is 6.03. The number of aromatic nitrogens is 1. The quantitative estimate of drug-likeness (QED) is 0.419. The zero-order valence-corrected chi connectivity index (χ0v) is 6.03. The number of hydrogen-bond acceptors (Lipinski definition) is 3. The fourth-order valence-electron chi connectivity index (χ4n) is 0.751. The van der Waals surface area contributed by atoms with Gasteiger partial charge in [0, 0.05) is 0 Å². The van der Waals surface area contributed by atoms with Crippen molar-refractivity contribution in [3.05, 3.63) is 28.6 Å². The first-order chi connectivity index (χ1) is 5.16. The van der Waals surface area contributed by atoms with E-state index in [-0.39, 0.29) is 11.4 Å². The van der Waals surface area contributed by atoms with Gasteiger partial charge in [-0.25, -0.2) is 4.73 Å². The van der Waals surface area contributed by atoms with Gasteiger partial charge in [-0.05, 0) is 19.1 Å². The number of anilines is 1. The van der Waals surface area contributed by atoms with Crippen LogP contribution in [0.1, 0.15) is 11.3 Å². The Kier molecular flexibility index (Phi) is 1.65. The Morgan fingerprint density at radius 1 is 1.64 bits per heavy atom. The van der Waals surface area contributed by atoms with Crippen LogP contribution in [0.2, 0.25) is 0 Å². The van der Waals surface area contributed by atoms with Gasteiger partial charge in [0.25, 0.3) is 5.82 Å². The molecule has 0 atom stereocenters. The summed E-state index contributed by atoms with van der Waals surface area (Å²) in [5.41, 5.74) is 6.02. The maximum absolute atomic E-state index is 11.0. The molecule has 11 heavy (non-hydrogen) atoms. The molecule has 0 saturated carbocycles. The van der Waals surface area contributed by atoms with Crippen LogP contribution in [-0.2, 0) is 0 Å².